The second kappa shape index (κ2) is 5.77. The zero-order valence-corrected chi connectivity index (χ0v) is 16.0. The van der Waals surface area contributed by atoms with Crippen LogP contribution in [0.15, 0.2) is 24.5 Å². The van der Waals surface area contributed by atoms with E-state index in [2.05, 4.69) is 58.8 Å². The van der Waals surface area contributed by atoms with E-state index >= 15 is 0 Å². The lowest BCUT2D eigenvalue weighted by Gasteiger charge is -2.25. The number of hydrogen-bond acceptors (Lipinski definition) is 5. The van der Waals surface area contributed by atoms with Crippen molar-refractivity contribution in [2.45, 2.75) is 39.7 Å². The number of fused-ring (bicyclic) bond motifs is 2. The number of aryl methyl sites for hydroxylation is 3. The van der Waals surface area contributed by atoms with Crippen LogP contribution in [0.2, 0.25) is 0 Å². The lowest BCUT2D eigenvalue weighted by Crippen LogP contribution is -2.24. The lowest BCUT2D eigenvalue weighted by molar-refractivity contribution is 0.674. The smallest absolute Gasteiger partial charge is 0.141 e. The van der Waals surface area contributed by atoms with Crippen LogP contribution < -0.4 is 4.90 Å². The predicted octanol–water partition coefficient (Wildman–Crippen LogP) is 4.83. The average Bonchev–Trinajstić information content (AvgIpc) is 3.32. The molecule has 1 atom stereocenters. The van der Waals surface area contributed by atoms with Crippen molar-refractivity contribution < 1.29 is 0 Å². The first-order chi connectivity index (χ1) is 12.6. The third-order valence-electron chi connectivity index (χ3n) is 5.44. The van der Waals surface area contributed by atoms with E-state index in [1.807, 2.05) is 0 Å². The fraction of sp³-hybridized carbons (Fsp3) is 0.350. The van der Waals surface area contributed by atoms with E-state index < -0.39 is 0 Å². The van der Waals surface area contributed by atoms with Crippen LogP contribution >= 0.6 is 11.3 Å². The molecule has 1 N–H and O–H groups in total. The predicted molar refractivity (Wildman–Crippen MR) is 107 cm³/mol. The van der Waals surface area contributed by atoms with Crippen LogP contribution in [0.3, 0.4) is 0 Å². The number of H-pyrrole nitrogens is 1. The van der Waals surface area contributed by atoms with Gasteiger partial charge in [0.25, 0.3) is 0 Å². The van der Waals surface area contributed by atoms with Crippen LogP contribution in [0, 0.1) is 20.8 Å². The van der Waals surface area contributed by atoms with Crippen molar-refractivity contribution in [1.29, 1.82) is 0 Å². The van der Waals surface area contributed by atoms with E-state index in [9.17, 15) is 0 Å². The van der Waals surface area contributed by atoms with E-state index in [-0.39, 0.29) is 6.04 Å². The normalized spacial score (nSPS) is 17.7. The molecule has 1 saturated heterocycles. The molecule has 0 radical (unpaired) electrons. The van der Waals surface area contributed by atoms with Gasteiger partial charge < -0.3 is 9.88 Å². The standard InChI is InChI=1S/C20H21N5S/c1-11-6-7-14-15(9-11)24-18(23-14)16-5-4-8-25(16)19-17-12(2)13(3)26-20(17)22-10-21-19/h6-7,9-10,16H,4-5,8H2,1-3H3,(H,23,24). The third kappa shape index (κ3) is 2.32. The maximum Gasteiger partial charge on any atom is 0.141 e. The molecular weight excluding hydrogens is 342 g/mol. The number of nitrogens with one attached hydrogen (secondary N) is 1. The summed E-state index contributed by atoms with van der Waals surface area (Å²) in [5.41, 5.74) is 4.69. The van der Waals surface area contributed by atoms with E-state index in [1.165, 1.54) is 21.4 Å². The number of aromatic amines is 1. The zero-order valence-electron chi connectivity index (χ0n) is 15.2. The molecule has 1 fully saturated rings. The Kier molecular flexibility index (Phi) is 3.50. The highest BCUT2D eigenvalue weighted by atomic mass is 32.1. The number of nitrogens with zero attached hydrogens (tertiary/aromatic N) is 4. The van der Waals surface area contributed by atoms with E-state index in [0.717, 1.165) is 46.9 Å². The Balaban J connectivity index is 1.63. The summed E-state index contributed by atoms with van der Waals surface area (Å²) < 4.78 is 0. The molecule has 0 aliphatic carbocycles. The Morgan fingerprint density at radius 1 is 1.19 bits per heavy atom. The van der Waals surface area contributed by atoms with Gasteiger partial charge in [-0.05, 0) is 56.9 Å². The molecule has 6 heteroatoms. The molecule has 0 saturated carbocycles. The van der Waals surface area contributed by atoms with Gasteiger partial charge >= 0.3 is 0 Å². The number of benzene rings is 1. The molecule has 5 rings (SSSR count). The molecule has 5 nitrogen and oxygen atoms in total. The van der Waals surface area contributed by atoms with Gasteiger partial charge in [-0.1, -0.05) is 6.07 Å². The Bertz CT molecular complexity index is 1130. The Hall–Kier alpha value is -2.47. The van der Waals surface area contributed by atoms with E-state index in [0.29, 0.717) is 0 Å². The number of aromatic nitrogens is 4. The Morgan fingerprint density at radius 2 is 2.08 bits per heavy atom. The molecule has 1 aliphatic heterocycles. The minimum atomic E-state index is 0.236. The van der Waals surface area contributed by atoms with Gasteiger partial charge in [-0.2, -0.15) is 0 Å². The minimum absolute atomic E-state index is 0.236. The molecule has 0 amide bonds. The van der Waals surface area contributed by atoms with Gasteiger partial charge in [-0.3, -0.25) is 0 Å². The molecule has 3 aromatic heterocycles. The van der Waals surface area contributed by atoms with E-state index in [1.54, 1.807) is 17.7 Å². The van der Waals surface area contributed by atoms with Crippen molar-refractivity contribution in [3.05, 3.63) is 46.4 Å². The third-order valence-corrected chi connectivity index (χ3v) is 6.56. The van der Waals surface area contributed by atoms with Gasteiger partial charge in [-0.15, -0.1) is 11.3 Å². The Labute approximate surface area is 156 Å². The molecule has 1 aliphatic rings. The van der Waals surface area contributed by atoms with Gasteiger partial charge in [0.2, 0.25) is 0 Å². The number of imidazole rings is 1. The van der Waals surface area contributed by atoms with Crippen molar-refractivity contribution in [3.63, 3.8) is 0 Å². The molecule has 1 aromatic carbocycles. The number of anilines is 1. The minimum Gasteiger partial charge on any atom is -0.346 e. The van der Waals surface area contributed by atoms with Gasteiger partial charge in [0.1, 0.15) is 22.8 Å². The molecule has 0 spiro atoms. The number of hydrogen-bond donors (Lipinski definition) is 1. The van der Waals surface area contributed by atoms with Crippen LogP contribution in [0.4, 0.5) is 5.82 Å². The number of thiophene rings is 1. The quantitative estimate of drug-likeness (QED) is 0.554. The summed E-state index contributed by atoms with van der Waals surface area (Å²) in [6.45, 7) is 7.45. The van der Waals surface area contributed by atoms with Crippen LogP contribution in [-0.4, -0.2) is 26.5 Å². The summed E-state index contributed by atoms with van der Waals surface area (Å²) in [7, 11) is 0. The highest BCUT2D eigenvalue weighted by Crippen LogP contribution is 2.40. The second-order valence-corrected chi connectivity index (χ2v) is 8.36. The second-order valence-electron chi connectivity index (χ2n) is 7.15. The molecular formula is C20H21N5S. The van der Waals surface area contributed by atoms with Gasteiger partial charge in [0, 0.05) is 11.4 Å². The van der Waals surface area contributed by atoms with Crippen LogP contribution in [0.5, 0.6) is 0 Å². The zero-order chi connectivity index (χ0) is 17.8. The van der Waals surface area contributed by atoms with Crippen molar-refractivity contribution in [1.82, 2.24) is 19.9 Å². The highest BCUT2D eigenvalue weighted by Gasteiger charge is 2.31. The molecule has 4 aromatic rings. The molecule has 132 valence electrons. The molecule has 4 heterocycles. The average molecular weight is 363 g/mol. The molecule has 0 bridgehead atoms. The summed E-state index contributed by atoms with van der Waals surface area (Å²) in [6, 6.07) is 6.62. The SMILES string of the molecule is Cc1ccc2nc(C3CCCN3c3ncnc4sc(C)c(C)c34)[nH]c2c1. The van der Waals surface area contributed by atoms with Crippen LogP contribution in [0.1, 0.15) is 40.7 Å². The van der Waals surface area contributed by atoms with Crippen molar-refractivity contribution in [3.8, 4) is 0 Å². The fourth-order valence-corrected chi connectivity index (χ4v) is 4.98. The lowest BCUT2D eigenvalue weighted by atomic mass is 10.1. The summed E-state index contributed by atoms with van der Waals surface area (Å²) in [5, 5.41) is 1.20. The first-order valence-electron chi connectivity index (χ1n) is 9.05. The summed E-state index contributed by atoms with van der Waals surface area (Å²) in [5.74, 6) is 2.09. The maximum absolute atomic E-state index is 4.88. The van der Waals surface area contributed by atoms with Crippen molar-refractivity contribution in [2.75, 3.05) is 11.4 Å². The Morgan fingerprint density at radius 3 is 2.96 bits per heavy atom. The fourth-order valence-electron chi connectivity index (χ4n) is 3.99. The summed E-state index contributed by atoms with van der Waals surface area (Å²) >= 11 is 1.75. The van der Waals surface area contributed by atoms with Crippen LogP contribution in [0.25, 0.3) is 21.3 Å². The first-order valence-corrected chi connectivity index (χ1v) is 9.87. The van der Waals surface area contributed by atoms with Crippen molar-refractivity contribution >= 4 is 38.4 Å². The first kappa shape index (κ1) is 15.8. The topological polar surface area (TPSA) is 57.7 Å². The van der Waals surface area contributed by atoms with E-state index in [4.69, 9.17) is 4.98 Å². The van der Waals surface area contributed by atoms with Crippen molar-refractivity contribution in [2.24, 2.45) is 0 Å². The van der Waals surface area contributed by atoms with Gasteiger partial charge in [-0.25, -0.2) is 15.0 Å². The largest absolute Gasteiger partial charge is 0.346 e. The monoisotopic (exact) mass is 363 g/mol. The molecule has 26 heavy (non-hydrogen) atoms. The highest BCUT2D eigenvalue weighted by molar-refractivity contribution is 7.18. The van der Waals surface area contributed by atoms with Gasteiger partial charge in [0.15, 0.2) is 0 Å². The van der Waals surface area contributed by atoms with Crippen LogP contribution in [-0.2, 0) is 0 Å². The maximum atomic E-state index is 4.88. The summed E-state index contributed by atoms with van der Waals surface area (Å²) in [4.78, 5) is 22.4. The summed E-state index contributed by atoms with van der Waals surface area (Å²) in [6.07, 6.45) is 3.94. The number of rotatable bonds is 2. The van der Waals surface area contributed by atoms with Gasteiger partial charge in [0.05, 0.1) is 22.5 Å². The molecule has 1 unspecified atom stereocenters.